The lowest BCUT2D eigenvalue weighted by molar-refractivity contribution is -0.121. The first-order valence-corrected chi connectivity index (χ1v) is 10.8. The first-order chi connectivity index (χ1) is 14.0. The summed E-state index contributed by atoms with van der Waals surface area (Å²) >= 11 is 8.63. The number of ketones is 1. The molecule has 0 saturated carbocycles. The van der Waals surface area contributed by atoms with Gasteiger partial charge >= 0.3 is 0 Å². The first kappa shape index (κ1) is 19.4. The third kappa shape index (κ3) is 3.36. The van der Waals surface area contributed by atoms with E-state index in [0.717, 1.165) is 4.88 Å². The number of Topliss-reactive ketones (excluding diaryl/α,β-unsaturated/α-hetero) is 1. The second-order valence-electron chi connectivity index (χ2n) is 6.37. The van der Waals surface area contributed by atoms with Gasteiger partial charge in [0.05, 0.1) is 28.1 Å². The maximum atomic E-state index is 13.6. The number of carbonyl (C=O) groups excluding carboxylic acids is 2. The molecular formula is C21H14ClN3O2S2. The molecule has 4 rings (SSSR count). The SMILES string of the molecule is N#CC1=C(N)N(c2ccc(Cl)cc2)C(=O)C(C(=O)c2cccs2)C1c1cccs1. The Bertz CT molecular complexity index is 1130. The maximum Gasteiger partial charge on any atom is 0.244 e. The molecule has 29 heavy (non-hydrogen) atoms. The number of rotatable bonds is 4. The van der Waals surface area contributed by atoms with E-state index >= 15 is 0 Å². The van der Waals surface area contributed by atoms with Crippen molar-refractivity contribution in [2.45, 2.75) is 5.92 Å². The van der Waals surface area contributed by atoms with Crippen LogP contribution in [-0.4, -0.2) is 11.7 Å². The van der Waals surface area contributed by atoms with E-state index in [4.69, 9.17) is 17.3 Å². The van der Waals surface area contributed by atoms with E-state index in [1.807, 2.05) is 17.5 Å². The number of thiophene rings is 2. The van der Waals surface area contributed by atoms with Crippen LogP contribution < -0.4 is 10.6 Å². The molecule has 8 heteroatoms. The Morgan fingerprint density at radius 2 is 1.79 bits per heavy atom. The van der Waals surface area contributed by atoms with Crippen molar-refractivity contribution < 1.29 is 9.59 Å². The molecule has 0 aliphatic carbocycles. The molecule has 0 fully saturated rings. The summed E-state index contributed by atoms with van der Waals surface area (Å²) in [5, 5.41) is 14.0. The van der Waals surface area contributed by atoms with Crippen LogP contribution in [0.15, 0.2) is 70.7 Å². The molecule has 0 bridgehead atoms. The predicted octanol–water partition coefficient (Wildman–Crippen LogP) is 4.79. The molecule has 0 spiro atoms. The predicted molar refractivity (Wildman–Crippen MR) is 115 cm³/mol. The van der Waals surface area contributed by atoms with E-state index in [1.165, 1.54) is 27.6 Å². The lowest BCUT2D eigenvalue weighted by Crippen LogP contribution is -2.49. The number of nitrogens with two attached hydrogens (primary N) is 1. The van der Waals surface area contributed by atoms with Gasteiger partial charge in [-0.3, -0.25) is 14.5 Å². The van der Waals surface area contributed by atoms with Gasteiger partial charge in [0, 0.05) is 9.90 Å². The minimum atomic E-state index is -1.08. The largest absolute Gasteiger partial charge is 0.384 e. The van der Waals surface area contributed by atoms with Crippen molar-refractivity contribution in [1.82, 2.24) is 0 Å². The van der Waals surface area contributed by atoms with Gasteiger partial charge in [-0.1, -0.05) is 23.7 Å². The van der Waals surface area contributed by atoms with Crippen LogP contribution in [0.5, 0.6) is 0 Å². The summed E-state index contributed by atoms with van der Waals surface area (Å²) in [4.78, 5) is 29.4. The van der Waals surface area contributed by atoms with Gasteiger partial charge in [0.1, 0.15) is 11.7 Å². The number of benzene rings is 1. The molecular weight excluding hydrogens is 426 g/mol. The van der Waals surface area contributed by atoms with Crippen molar-refractivity contribution in [2.75, 3.05) is 4.90 Å². The second kappa shape index (κ2) is 7.84. The van der Waals surface area contributed by atoms with Gasteiger partial charge < -0.3 is 5.73 Å². The van der Waals surface area contributed by atoms with Gasteiger partial charge in [0.2, 0.25) is 5.91 Å². The Kier molecular flexibility index (Phi) is 5.24. The Morgan fingerprint density at radius 3 is 2.38 bits per heavy atom. The minimum Gasteiger partial charge on any atom is -0.384 e. The van der Waals surface area contributed by atoms with Crippen LogP contribution in [0.4, 0.5) is 5.69 Å². The number of hydrogen-bond donors (Lipinski definition) is 1. The van der Waals surface area contributed by atoms with E-state index in [1.54, 1.807) is 41.8 Å². The number of halogens is 1. The topological polar surface area (TPSA) is 87.2 Å². The molecule has 2 atom stereocenters. The van der Waals surface area contributed by atoms with Crippen molar-refractivity contribution >= 4 is 51.7 Å². The van der Waals surface area contributed by atoms with Crippen LogP contribution in [0, 0.1) is 17.2 Å². The molecule has 2 N–H and O–H groups in total. The maximum absolute atomic E-state index is 13.6. The second-order valence-corrected chi connectivity index (χ2v) is 8.74. The highest BCUT2D eigenvalue weighted by molar-refractivity contribution is 7.12. The Morgan fingerprint density at radius 1 is 1.10 bits per heavy atom. The van der Waals surface area contributed by atoms with Crippen LogP contribution in [0.2, 0.25) is 5.02 Å². The van der Waals surface area contributed by atoms with Crippen LogP contribution in [0.25, 0.3) is 0 Å². The normalized spacial score (nSPS) is 19.3. The standard InChI is InChI=1S/C21H14ClN3O2S2/c22-12-5-7-13(8-6-12)25-20(24)14(11-23)17(15-3-1-9-28-15)18(21(25)27)19(26)16-4-2-10-29-16/h1-10,17-18H,24H2. The number of anilines is 1. The molecule has 2 aromatic heterocycles. The number of carbonyl (C=O) groups is 2. The van der Waals surface area contributed by atoms with Gasteiger partial charge in [-0.15, -0.1) is 22.7 Å². The van der Waals surface area contributed by atoms with Crippen molar-refractivity contribution in [1.29, 1.82) is 5.26 Å². The van der Waals surface area contributed by atoms with Gasteiger partial charge in [-0.25, -0.2) is 0 Å². The fourth-order valence-corrected chi connectivity index (χ4v) is 5.14. The highest BCUT2D eigenvalue weighted by Gasteiger charge is 2.47. The number of hydrogen-bond acceptors (Lipinski definition) is 6. The lowest BCUT2D eigenvalue weighted by Gasteiger charge is -2.36. The summed E-state index contributed by atoms with van der Waals surface area (Å²) < 4.78 is 0. The van der Waals surface area contributed by atoms with Gasteiger partial charge in [-0.2, -0.15) is 5.26 Å². The number of nitriles is 1. The third-order valence-corrected chi connectivity index (χ3v) is 6.84. The van der Waals surface area contributed by atoms with Gasteiger partial charge in [0.25, 0.3) is 0 Å². The van der Waals surface area contributed by atoms with Crippen molar-refractivity contribution in [3.63, 3.8) is 0 Å². The highest BCUT2D eigenvalue weighted by Crippen LogP contribution is 2.43. The summed E-state index contributed by atoms with van der Waals surface area (Å²) in [7, 11) is 0. The van der Waals surface area contributed by atoms with E-state index in [0.29, 0.717) is 15.6 Å². The van der Waals surface area contributed by atoms with Crippen molar-refractivity contribution in [3.8, 4) is 6.07 Å². The summed E-state index contributed by atoms with van der Waals surface area (Å²) in [5.74, 6) is -2.53. The quantitative estimate of drug-likeness (QED) is 0.467. The van der Waals surface area contributed by atoms with Crippen LogP contribution >= 0.6 is 34.3 Å². The summed E-state index contributed by atoms with van der Waals surface area (Å²) in [6.45, 7) is 0. The fourth-order valence-electron chi connectivity index (χ4n) is 3.44. The molecule has 3 aromatic rings. The Labute approximate surface area is 180 Å². The summed E-state index contributed by atoms with van der Waals surface area (Å²) in [5.41, 5.74) is 6.96. The molecule has 1 aromatic carbocycles. The summed E-state index contributed by atoms with van der Waals surface area (Å²) in [6.07, 6.45) is 0. The number of amides is 1. The number of allylic oxidation sites excluding steroid dienone is 1. The molecule has 144 valence electrons. The zero-order valence-electron chi connectivity index (χ0n) is 14.9. The first-order valence-electron chi connectivity index (χ1n) is 8.63. The molecule has 1 aliphatic heterocycles. The van der Waals surface area contributed by atoms with Gasteiger partial charge in [-0.05, 0) is 47.2 Å². The zero-order valence-corrected chi connectivity index (χ0v) is 17.3. The molecule has 3 heterocycles. The lowest BCUT2D eigenvalue weighted by atomic mass is 9.78. The van der Waals surface area contributed by atoms with Crippen LogP contribution in [0.3, 0.4) is 0 Å². The molecule has 0 radical (unpaired) electrons. The summed E-state index contributed by atoms with van der Waals surface area (Å²) in [6, 6.07) is 15.8. The average molecular weight is 440 g/mol. The number of nitrogens with zero attached hydrogens (tertiary/aromatic N) is 2. The average Bonchev–Trinajstić information content (AvgIpc) is 3.43. The third-order valence-electron chi connectivity index (χ3n) is 4.75. The minimum absolute atomic E-state index is 0.0356. The highest BCUT2D eigenvalue weighted by atomic mass is 35.5. The van der Waals surface area contributed by atoms with E-state index in [9.17, 15) is 14.9 Å². The molecule has 0 saturated heterocycles. The Hall–Kier alpha value is -2.92. The Balaban J connectivity index is 1.92. The van der Waals surface area contributed by atoms with Crippen LogP contribution in [0.1, 0.15) is 20.5 Å². The molecule has 2 unspecified atom stereocenters. The van der Waals surface area contributed by atoms with E-state index in [2.05, 4.69) is 6.07 Å². The van der Waals surface area contributed by atoms with Crippen molar-refractivity contribution in [2.24, 2.45) is 11.7 Å². The smallest absolute Gasteiger partial charge is 0.244 e. The van der Waals surface area contributed by atoms with Crippen molar-refractivity contribution in [3.05, 3.63) is 85.5 Å². The fraction of sp³-hybridized carbons (Fsp3) is 0.0952. The van der Waals surface area contributed by atoms with E-state index in [-0.39, 0.29) is 17.2 Å². The van der Waals surface area contributed by atoms with Crippen LogP contribution in [-0.2, 0) is 4.79 Å². The molecule has 1 aliphatic rings. The zero-order chi connectivity index (χ0) is 20.5. The molecule has 1 amide bonds. The van der Waals surface area contributed by atoms with E-state index < -0.39 is 17.7 Å². The molecule has 5 nitrogen and oxygen atoms in total. The van der Waals surface area contributed by atoms with Gasteiger partial charge in [0.15, 0.2) is 5.78 Å². The monoisotopic (exact) mass is 439 g/mol.